The molecule has 0 aliphatic heterocycles. The number of aromatic nitrogens is 2. The molecule has 0 bridgehead atoms. The molecule has 0 saturated heterocycles. The van der Waals surface area contributed by atoms with Gasteiger partial charge in [0.2, 0.25) is 5.91 Å². The summed E-state index contributed by atoms with van der Waals surface area (Å²) in [5.74, 6) is 0.296. The van der Waals surface area contributed by atoms with Crippen molar-refractivity contribution in [3.63, 3.8) is 0 Å². The number of halogens is 1. The number of benzene rings is 1. The number of imidazole rings is 1. The molecule has 1 aromatic heterocycles. The van der Waals surface area contributed by atoms with Crippen LogP contribution in [-0.2, 0) is 11.2 Å². The molecule has 0 aliphatic carbocycles. The molecule has 98 valence electrons. The van der Waals surface area contributed by atoms with Crippen molar-refractivity contribution in [2.45, 2.75) is 6.42 Å². The molecule has 4 nitrogen and oxygen atoms in total. The van der Waals surface area contributed by atoms with Crippen molar-refractivity contribution in [1.82, 2.24) is 15.3 Å². The Balaban J connectivity index is 1.97. The van der Waals surface area contributed by atoms with Gasteiger partial charge in [-0.1, -0.05) is 6.58 Å². The van der Waals surface area contributed by atoms with E-state index in [0.717, 1.165) is 17.1 Å². The lowest BCUT2D eigenvalue weighted by Crippen LogP contribution is -2.23. The molecule has 1 amide bonds. The maximum absolute atomic E-state index is 12.8. The summed E-state index contributed by atoms with van der Waals surface area (Å²) in [7, 11) is 0. The number of aromatic amines is 1. The molecule has 5 heteroatoms. The molecule has 0 aliphatic rings. The van der Waals surface area contributed by atoms with Gasteiger partial charge in [-0.15, -0.1) is 0 Å². The Bertz CT molecular complexity index is 575. The Kier molecular flexibility index (Phi) is 4.07. The lowest BCUT2D eigenvalue weighted by atomic mass is 10.2. The van der Waals surface area contributed by atoms with Gasteiger partial charge in [-0.2, -0.15) is 0 Å². The van der Waals surface area contributed by atoms with Gasteiger partial charge in [-0.3, -0.25) is 4.79 Å². The standard InChI is InChI=1S/C14H14FN3O/c1-2-14(19)16-8-7-13-17-9-12(18-13)10-3-5-11(15)6-4-10/h2-6,9H,1,7-8H2,(H,16,19)(H,17,18). The fourth-order valence-corrected chi connectivity index (χ4v) is 1.64. The smallest absolute Gasteiger partial charge is 0.243 e. The molecule has 2 aromatic rings. The first-order valence-corrected chi connectivity index (χ1v) is 5.89. The Labute approximate surface area is 110 Å². The first-order valence-electron chi connectivity index (χ1n) is 5.89. The van der Waals surface area contributed by atoms with E-state index in [1.165, 1.54) is 18.2 Å². The van der Waals surface area contributed by atoms with Gasteiger partial charge in [-0.05, 0) is 35.9 Å². The van der Waals surface area contributed by atoms with Crippen molar-refractivity contribution >= 4 is 5.91 Å². The number of nitrogens with one attached hydrogen (secondary N) is 2. The molecule has 19 heavy (non-hydrogen) atoms. The fourth-order valence-electron chi connectivity index (χ4n) is 1.64. The summed E-state index contributed by atoms with van der Waals surface area (Å²) in [5, 5.41) is 2.67. The molecule has 1 heterocycles. The Hall–Kier alpha value is -2.43. The van der Waals surface area contributed by atoms with Gasteiger partial charge in [0.1, 0.15) is 11.6 Å². The van der Waals surface area contributed by atoms with Crippen molar-refractivity contribution < 1.29 is 9.18 Å². The molecule has 2 N–H and O–H groups in total. The largest absolute Gasteiger partial charge is 0.352 e. The summed E-state index contributed by atoms with van der Waals surface area (Å²) in [6.07, 6.45) is 3.52. The van der Waals surface area contributed by atoms with Gasteiger partial charge in [0.15, 0.2) is 0 Å². The van der Waals surface area contributed by atoms with Crippen LogP contribution in [0, 0.1) is 5.82 Å². The van der Waals surface area contributed by atoms with E-state index in [0.29, 0.717) is 13.0 Å². The molecular weight excluding hydrogens is 245 g/mol. The van der Waals surface area contributed by atoms with Crippen LogP contribution in [0.2, 0.25) is 0 Å². The van der Waals surface area contributed by atoms with E-state index in [-0.39, 0.29) is 11.7 Å². The molecular formula is C14H14FN3O. The Morgan fingerprint density at radius 2 is 2.16 bits per heavy atom. The predicted molar refractivity (Wildman–Crippen MR) is 70.9 cm³/mol. The third kappa shape index (κ3) is 3.51. The van der Waals surface area contributed by atoms with E-state index in [9.17, 15) is 9.18 Å². The number of carbonyl (C=O) groups is 1. The monoisotopic (exact) mass is 259 g/mol. The van der Waals surface area contributed by atoms with Gasteiger partial charge >= 0.3 is 0 Å². The highest BCUT2D eigenvalue weighted by atomic mass is 19.1. The number of hydrogen-bond donors (Lipinski definition) is 2. The SMILES string of the molecule is C=CC(=O)NCCc1ncc(-c2ccc(F)cc2)[nH]1. The molecule has 0 atom stereocenters. The summed E-state index contributed by atoms with van der Waals surface area (Å²) in [6.45, 7) is 3.86. The van der Waals surface area contributed by atoms with Crippen molar-refractivity contribution in [3.05, 3.63) is 54.8 Å². The van der Waals surface area contributed by atoms with Gasteiger partial charge in [0.05, 0.1) is 11.9 Å². The summed E-state index contributed by atoms with van der Waals surface area (Å²) < 4.78 is 12.8. The van der Waals surface area contributed by atoms with Crippen LogP contribution in [0.1, 0.15) is 5.82 Å². The van der Waals surface area contributed by atoms with Crippen LogP contribution in [-0.4, -0.2) is 22.4 Å². The molecule has 0 saturated carbocycles. The van der Waals surface area contributed by atoms with Crippen molar-refractivity contribution in [2.24, 2.45) is 0 Å². The zero-order valence-corrected chi connectivity index (χ0v) is 10.3. The number of amides is 1. The molecule has 0 spiro atoms. The number of hydrogen-bond acceptors (Lipinski definition) is 2. The number of nitrogens with zero attached hydrogens (tertiary/aromatic N) is 1. The third-order valence-corrected chi connectivity index (χ3v) is 2.63. The topological polar surface area (TPSA) is 57.8 Å². The fraction of sp³-hybridized carbons (Fsp3) is 0.143. The molecule has 0 fully saturated rings. The van der Waals surface area contributed by atoms with Crippen molar-refractivity contribution in [3.8, 4) is 11.3 Å². The second kappa shape index (κ2) is 5.95. The maximum Gasteiger partial charge on any atom is 0.243 e. The number of rotatable bonds is 5. The van der Waals surface area contributed by atoms with Crippen LogP contribution in [0.15, 0.2) is 43.1 Å². The van der Waals surface area contributed by atoms with Crippen LogP contribution >= 0.6 is 0 Å². The van der Waals surface area contributed by atoms with E-state index in [1.54, 1.807) is 18.3 Å². The zero-order valence-electron chi connectivity index (χ0n) is 10.3. The van der Waals surface area contributed by atoms with Crippen molar-refractivity contribution in [2.75, 3.05) is 6.54 Å². The quantitative estimate of drug-likeness (QED) is 0.807. The van der Waals surface area contributed by atoms with Crippen LogP contribution < -0.4 is 5.32 Å². The first-order chi connectivity index (χ1) is 9.19. The van der Waals surface area contributed by atoms with Gasteiger partial charge < -0.3 is 10.3 Å². The molecule has 1 aromatic carbocycles. The van der Waals surface area contributed by atoms with Gasteiger partial charge in [0.25, 0.3) is 0 Å². The van der Waals surface area contributed by atoms with Crippen molar-refractivity contribution in [1.29, 1.82) is 0 Å². The molecule has 0 radical (unpaired) electrons. The lowest BCUT2D eigenvalue weighted by Gasteiger charge is -2.00. The predicted octanol–water partition coefficient (Wildman–Crippen LogP) is 2.06. The summed E-state index contributed by atoms with van der Waals surface area (Å²) in [6, 6.07) is 6.18. The summed E-state index contributed by atoms with van der Waals surface area (Å²) in [4.78, 5) is 18.3. The first kappa shape index (κ1) is 13.0. The zero-order chi connectivity index (χ0) is 13.7. The van der Waals surface area contributed by atoms with Gasteiger partial charge in [0, 0.05) is 13.0 Å². The van der Waals surface area contributed by atoms with Crippen LogP contribution in [0.25, 0.3) is 11.3 Å². The number of carbonyl (C=O) groups excluding carboxylic acids is 1. The molecule has 0 unspecified atom stereocenters. The second-order valence-corrected chi connectivity index (χ2v) is 4.00. The molecule has 2 rings (SSSR count). The minimum Gasteiger partial charge on any atom is -0.352 e. The highest BCUT2D eigenvalue weighted by molar-refractivity contribution is 5.86. The van der Waals surface area contributed by atoms with E-state index in [4.69, 9.17) is 0 Å². The average Bonchev–Trinajstić information content (AvgIpc) is 2.88. The van der Waals surface area contributed by atoms with Crippen LogP contribution in [0.5, 0.6) is 0 Å². The van der Waals surface area contributed by atoms with Gasteiger partial charge in [-0.25, -0.2) is 9.37 Å². The Morgan fingerprint density at radius 1 is 1.42 bits per heavy atom. The summed E-state index contributed by atoms with van der Waals surface area (Å²) in [5.41, 5.74) is 1.69. The Morgan fingerprint density at radius 3 is 2.84 bits per heavy atom. The van der Waals surface area contributed by atoms with Crippen LogP contribution in [0.3, 0.4) is 0 Å². The summed E-state index contributed by atoms with van der Waals surface area (Å²) >= 11 is 0. The third-order valence-electron chi connectivity index (χ3n) is 2.63. The van der Waals surface area contributed by atoms with Crippen LogP contribution in [0.4, 0.5) is 4.39 Å². The highest BCUT2D eigenvalue weighted by Crippen LogP contribution is 2.17. The minimum absolute atomic E-state index is 0.203. The maximum atomic E-state index is 12.8. The van der Waals surface area contributed by atoms with E-state index < -0.39 is 0 Å². The van der Waals surface area contributed by atoms with E-state index in [2.05, 4.69) is 21.9 Å². The van der Waals surface area contributed by atoms with E-state index >= 15 is 0 Å². The average molecular weight is 259 g/mol. The normalized spacial score (nSPS) is 10.2. The number of H-pyrrole nitrogens is 1. The van der Waals surface area contributed by atoms with E-state index in [1.807, 2.05) is 0 Å². The highest BCUT2D eigenvalue weighted by Gasteiger charge is 2.04. The second-order valence-electron chi connectivity index (χ2n) is 4.00. The lowest BCUT2D eigenvalue weighted by molar-refractivity contribution is -0.116. The minimum atomic E-state index is -0.268.